The van der Waals surface area contributed by atoms with Crippen LogP contribution in [-0.4, -0.2) is 4.57 Å². The molecule has 56 valence electrons. The predicted molar refractivity (Wildman–Crippen MR) is 35.1 cm³/mol. The predicted octanol–water partition coefficient (Wildman–Crippen LogP) is 2.27. The molecule has 0 spiro atoms. The third-order valence-corrected chi connectivity index (χ3v) is 1.43. The van der Waals surface area contributed by atoms with Crippen LogP contribution in [0, 0.1) is 6.92 Å². The van der Waals surface area contributed by atoms with Gasteiger partial charge in [-0.05, 0) is 12.5 Å². The van der Waals surface area contributed by atoms with Crippen molar-refractivity contribution in [3.63, 3.8) is 0 Å². The third-order valence-electron chi connectivity index (χ3n) is 1.43. The average Bonchev–Trinajstić information content (AvgIpc) is 2.10. The first kappa shape index (κ1) is 7.25. The molecule has 0 radical (unpaired) electrons. The Bertz CT molecular complexity index is 228. The van der Waals surface area contributed by atoms with Gasteiger partial charge in [-0.25, -0.2) is 8.78 Å². The highest BCUT2D eigenvalue weighted by Gasteiger charge is 2.10. The second-order valence-electron chi connectivity index (χ2n) is 2.36. The number of hydrogen-bond acceptors (Lipinski definition) is 0. The van der Waals surface area contributed by atoms with Crippen molar-refractivity contribution < 1.29 is 8.78 Å². The van der Waals surface area contributed by atoms with Crippen LogP contribution >= 0.6 is 0 Å². The Morgan fingerprint density at radius 3 is 2.20 bits per heavy atom. The van der Waals surface area contributed by atoms with Gasteiger partial charge in [-0.2, -0.15) is 0 Å². The quantitative estimate of drug-likeness (QED) is 0.571. The summed E-state index contributed by atoms with van der Waals surface area (Å²) >= 11 is 0. The summed E-state index contributed by atoms with van der Waals surface area (Å²) in [5.74, 6) is 0. The molecule has 10 heavy (non-hydrogen) atoms. The molecule has 3 heteroatoms. The Balaban J connectivity index is 3.03. The molecule has 0 fully saturated rings. The largest absolute Gasteiger partial charge is 0.356 e. The summed E-state index contributed by atoms with van der Waals surface area (Å²) in [6, 6.07) is 0. The topological polar surface area (TPSA) is 4.93 Å². The molecule has 0 bridgehead atoms. The van der Waals surface area contributed by atoms with Crippen LogP contribution in [0.15, 0.2) is 12.4 Å². The van der Waals surface area contributed by atoms with Gasteiger partial charge in [0.1, 0.15) is 0 Å². The molecule has 0 unspecified atom stereocenters. The van der Waals surface area contributed by atoms with E-state index in [1.165, 1.54) is 6.20 Å². The highest BCUT2D eigenvalue weighted by molar-refractivity contribution is 5.23. The maximum atomic E-state index is 12.0. The number of nitrogens with zero attached hydrogens (tertiary/aromatic N) is 1. The zero-order valence-corrected chi connectivity index (χ0v) is 5.94. The summed E-state index contributed by atoms with van der Waals surface area (Å²) in [6.07, 6.45) is 0.780. The van der Waals surface area contributed by atoms with Crippen molar-refractivity contribution in [3.05, 3.63) is 23.5 Å². The van der Waals surface area contributed by atoms with E-state index in [2.05, 4.69) is 0 Å². The maximum Gasteiger partial charge on any atom is 0.265 e. The van der Waals surface area contributed by atoms with Crippen LogP contribution in [0.2, 0.25) is 0 Å². The zero-order chi connectivity index (χ0) is 7.72. The van der Waals surface area contributed by atoms with E-state index in [1.54, 1.807) is 24.7 Å². The minimum Gasteiger partial charge on any atom is -0.356 e. The molecule has 1 heterocycles. The number of alkyl halides is 2. The van der Waals surface area contributed by atoms with Gasteiger partial charge in [0.15, 0.2) is 0 Å². The third kappa shape index (κ3) is 1.17. The highest BCUT2D eigenvalue weighted by Crippen LogP contribution is 2.22. The van der Waals surface area contributed by atoms with Crippen molar-refractivity contribution in [1.29, 1.82) is 0 Å². The second-order valence-corrected chi connectivity index (χ2v) is 2.36. The van der Waals surface area contributed by atoms with Crippen molar-refractivity contribution in [2.24, 2.45) is 7.05 Å². The summed E-state index contributed by atoms with van der Waals surface area (Å²) in [6.45, 7) is 1.68. The number of aryl methyl sites for hydroxylation is 2. The molecule has 0 aliphatic heterocycles. The minimum atomic E-state index is -2.35. The molecule has 0 saturated carbocycles. The fourth-order valence-electron chi connectivity index (χ4n) is 0.967. The lowest BCUT2D eigenvalue weighted by Crippen LogP contribution is -1.82. The Hall–Kier alpha value is -0.860. The summed E-state index contributed by atoms with van der Waals surface area (Å²) in [5.41, 5.74) is 0.778. The molecule has 0 N–H and O–H groups in total. The van der Waals surface area contributed by atoms with E-state index < -0.39 is 6.43 Å². The average molecular weight is 145 g/mol. The fraction of sp³-hybridized carbons (Fsp3) is 0.429. The van der Waals surface area contributed by atoms with Gasteiger partial charge in [0.05, 0.1) is 0 Å². The smallest absolute Gasteiger partial charge is 0.265 e. The molecule has 1 rings (SSSR count). The standard InChI is InChI=1S/C7H9F2N/c1-5-3-10(2)4-6(5)7(8)9/h3-4,7H,1-2H3. The Labute approximate surface area is 58.3 Å². The Morgan fingerprint density at radius 1 is 1.40 bits per heavy atom. The van der Waals surface area contributed by atoms with Gasteiger partial charge in [-0.1, -0.05) is 0 Å². The van der Waals surface area contributed by atoms with Gasteiger partial charge in [0.25, 0.3) is 6.43 Å². The van der Waals surface area contributed by atoms with Gasteiger partial charge in [0, 0.05) is 25.0 Å². The monoisotopic (exact) mass is 145 g/mol. The molecular weight excluding hydrogens is 136 g/mol. The number of halogens is 2. The second kappa shape index (κ2) is 2.40. The number of rotatable bonds is 1. The van der Waals surface area contributed by atoms with Gasteiger partial charge >= 0.3 is 0 Å². The summed E-state index contributed by atoms with van der Waals surface area (Å²) < 4.78 is 25.7. The van der Waals surface area contributed by atoms with E-state index in [0.29, 0.717) is 5.56 Å². The lowest BCUT2D eigenvalue weighted by molar-refractivity contribution is 0.150. The van der Waals surface area contributed by atoms with E-state index in [0.717, 1.165) is 0 Å². The first-order chi connectivity index (χ1) is 4.61. The Kier molecular flexibility index (Phi) is 1.74. The van der Waals surface area contributed by atoms with Crippen LogP contribution in [0.3, 0.4) is 0 Å². The summed E-state index contributed by atoms with van der Waals surface area (Å²) in [4.78, 5) is 0. The molecule has 0 atom stereocenters. The van der Waals surface area contributed by atoms with E-state index >= 15 is 0 Å². The molecule has 1 nitrogen and oxygen atoms in total. The summed E-state index contributed by atoms with van der Waals surface area (Å²) in [7, 11) is 1.74. The van der Waals surface area contributed by atoms with E-state index in [4.69, 9.17) is 0 Å². The SMILES string of the molecule is Cc1cn(C)cc1C(F)F. The van der Waals surface area contributed by atoms with Gasteiger partial charge in [-0.15, -0.1) is 0 Å². The molecule has 1 aromatic rings. The van der Waals surface area contributed by atoms with Gasteiger partial charge in [-0.3, -0.25) is 0 Å². The van der Waals surface area contributed by atoms with E-state index in [9.17, 15) is 8.78 Å². The zero-order valence-electron chi connectivity index (χ0n) is 5.94. The van der Waals surface area contributed by atoms with Crippen LogP contribution in [0.5, 0.6) is 0 Å². The van der Waals surface area contributed by atoms with E-state index in [1.807, 2.05) is 0 Å². The summed E-state index contributed by atoms with van der Waals surface area (Å²) in [5, 5.41) is 0. The Morgan fingerprint density at radius 2 is 2.00 bits per heavy atom. The molecule has 0 aromatic carbocycles. The molecule has 0 aliphatic carbocycles. The highest BCUT2D eigenvalue weighted by atomic mass is 19.3. The van der Waals surface area contributed by atoms with E-state index in [-0.39, 0.29) is 5.56 Å². The fourth-order valence-corrected chi connectivity index (χ4v) is 0.967. The molecular formula is C7H9F2N. The van der Waals surface area contributed by atoms with Crippen molar-refractivity contribution in [2.75, 3.05) is 0 Å². The normalized spacial score (nSPS) is 10.9. The van der Waals surface area contributed by atoms with Crippen LogP contribution < -0.4 is 0 Å². The lowest BCUT2D eigenvalue weighted by Gasteiger charge is -1.93. The van der Waals surface area contributed by atoms with Crippen molar-refractivity contribution in [2.45, 2.75) is 13.3 Å². The van der Waals surface area contributed by atoms with Crippen LogP contribution in [0.25, 0.3) is 0 Å². The van der Waals surface area contributed by atoms with Gasteiger partial charge < -0.3 is 4.57 Å². The van der Waals surface area contributed by atoms with Crippen LogP contribution in [0.4, 0.5) is 8.78 Å². The number of aromatic nitrogens is 1. The van der Waals surface area contributed by atoms with Crippen LogP contribution in [-0.2, 0) is 7.05 Å². The van der Waals surface area contributed by atoms with Crippen molar-refractivity contribution in [3.8, 4) is 0 Å². The molecule has 0 amide bonds. The molecule has 0 aliphatic rings. The number of hydrogen-bond donors (Lipinski definition) is 0. The lowest BCUT2D eigenvalue weighted by atomic mass is 10.2. The van der Waals surface area contributed by atoms with Gasteiger partial charge in [0.2, 0.25) is 0 Å². The van der Waals surface area contributed by atoms with Crippen molar-refractivity contribution in [1.82, 2.24) is 4.57 Å². The maximum absolute atomic E-state index is 12.0. The first-order valence-electron chi connectivity index (χ1n) is 3.02. The minimum absolute atomic E-state index is 0.127. The molecule has 1 aromatic heterocycles. The first-order valence-corrected chi connectivity index (χ1v) is 3.02. The van der Waals surface area contributed by atoms with Crippen molar-refractivity contribution >= 4 is 0 Å². The molecule has 0 saturated heterocycles. The van der Waals surface area contributed by atoms with Crippen LogP contribution in [0.1, 0.15) is 17.6 Å².